The molecule has 0 saturated heterocycles. The fourth-order valence-electron chi connectivity index (χ4n) is 4.89. The molecule has 0 saturated carbocycles. The number of benzene rings is 2. The van der Waals surface area contributed by atoms with E-state index < -0.39 is 31.6 Å². The van der Waals surface area contributed by atoms with Gasteiger partial charge < -0.3 is 9.47 Å². The number of ether oxygens (including phenoxy) is 2. The number of methoxy groups -OCH3 is 2. The molecule has 0 spiro atoms. The summed E-state index contributed by atoms with van der Waals surface area (Å²) in [6.07, 6.45) is 3.24. The molecule has 0 aliphatic carbocycles. The van der Waals surface area contributed by atoms with Crippen LogP contribution in [0.5, 0.6) is 11.5 Å². The average Bonchev–Trinajstić information content (AvgIpc) is 3.56. The summed E-state index contributed by atoms with van der Waals surface area (Å²) in [7, 11) is -4.91. The van der Waals surface area contributed by atoms with Crippen molar-refractivity contribution in [1.29, 1.82) is 0 Å². The van der Waals surface area contributed by atoms with Crippen LogP contribution in [-0.2, 0) is 33.0 Å². The Morgan fingerprint density at radius 1 is 1.02 bits per heavy atom. The normalized spacial score (nSPS) is 12.2. The number of nitrogens with zero attached hydrogens (tertiary/aromatic N) is 6. The quantitative estimate of drug-likeness (QED) is 0.204. The zero-order valence-electron chi connectivity index (χ0n) is 24.9. The van der Waals surface area contributed by atoms with Gasteiger partial charge in [-0.1, -0.05) is 11.2 Å². The first-order chi connectivity index (χ1) is 21.2. The van der Waals surface area contributed by atoms with E-state index in [1.54, 1.807) is 18.2 Å². The molecule has 5 rings (SSSR count). The zero-order chi connectivity index (χ0) is 32.7. The van der Waals surface area contributed by atoms with Gasteiger partial charge in [0.1, 0.15) is 28.7 Å². The van der Waals surface area contributed by atoms with Crippen LogP contribution < -0.4 is 15.2 Å². The lowest BCUT2D eigenvalue weighted by molar-refractivity contribution is 0.373. The Morgan fingerprint density at radius 2 is 1.78 bits per heavy atom. The van der Waals surface area contributed by atoms with Crippen molar-refractivity contribution in [3.8, 4) is 28.6 Å². The Kier molecular flexibility index (Phi) is 8.52. The molecule has 0 amide bonds. The summed E-state index contributed by atoms with van der Waals surface area (Å²) in [5.74, 6) is -0.500. The van der Waals surface area contributed by atoms with E-state index in [2.05, 4.69) is 15.1 Å². The van der Waals surface area contributed by atoms with E-state index in [-0.39, 0.29) is 59.1 Å². The third kappa shape index (κ3) is 6.31. The lowest BCUT2D eigenvalue weighted by atomic mass is 10.2. The van der Waals surface area contributed by atoms with Crippen LogP contribution in [0.1, 0.15) is 17.0 Å². The maximum atomic E-state index is 14.0. The number of aryl methyl sites for hydroxylation is 1. The van der Waals surface area contributed by atoms with Gasteiger partial charge in [0, 0.05) is 37.3 Å². The summed E-state index contributed by atoms with van der Waals surface area (Å²) in [4.78, 5) is 21.4. The van der Waals surface area contributed by atoms with E-state index in [4.69, 9.17) is 14.0 Å². The van der Waals surface area contributed by atoms with E-state index in [1.165, 1.54) is 55.9 Å². The summed E-state index contributed by atoms with van der Waals surface area (Å²) in [6.45, 7) is 1.31. The number of imidazole rings is 1. The van der Waals surface area contributed by atoms with Gasteiger partial charge in [-0.15, -0.1) is 0 Å². The number of pyridine rings is 1. The second-order valence-corrected chi connectivity index (χ2v) is 14.0. The molecule has 45 heavy (non-hydrogen) atoms. The minimum absolute atomic E-state index is 0.00128. The maximum Gasteiger partial charge on any atom is 0.446 e. The van der Waals surface area contributed by atoms with E-state index in [9.17, 15) is 26.0 Å². The Hall–Kier alpha value is -4.61. The number of halogens is 1. The largest absolute Gasteiger partial charge is 0.497 e. The second kappa shape index (κ2) is 12.1. The third-order valence-corrected chi connectivity index (χ3v) is 9.36. The van der Waals surface area contributed by atoms with Crippen LogP contribution in [0.25, 0.3) is 28.2 Å². The van der Waals surface area contributed by atoms with Gasteiger partial charge in [-0.25, -0.2) is 44.5 Å². The number of rotatable bonds is 11. The van der Waals surface area contributed by atoms with Crippen molar-refractivity contribution in [3.63, 3.8) is 0 Å². The zero-order valence-corrected chi connectivity index (χ0v) is 26.5. The van der Waals surface area contributed by atoms with Gasteiger partial charge in [0.2, 0.25) is 20.0 Å². The Bertz CT molecular complexity index is 2190. The van der Waals surface area contributed by atoms with Gasteiger partial charge in [0.25, 0.3) is 0 Å². The van der Waals surface area contributed by atoms with Gasteiger partial charge in [-0.2, -0.15) is 4.31 Å². The first kappa shape index (κ1) is 31.8. The van der Waals surface area contributed by atoms with Crippen LogP contribution in [0.2, 0.25) is 0 Å². The van der Waals surface area contributed by atoms with Crippen molar-refractivity contribution in [2.75, 3.05) is 33.3 Å². The Labute approximate surface area is 257 Å². The van der Waals surface area contributed by atoms with E-state index in [1.807, 2.05) is 0 Å². The van der Waals surface area contributed by atoms with Crippen molar-refractivity contribution in [2.24, 2.45) is 0 Å². The van der Waals surface area contributed by atoms with Crippen molar-refractivity contribution < 1.29 is 35.2 Å². The summed E-state index contributed by atoms with van der Waals surface area (Å²) in [5.41, 5.74) is 1.21. The first-order valence-corrected chi connectivity index (χ1v) is 17.0. The van der Waals surface area contributed by atoms with Gasteiger partial charge >= 0.3 is 5.76 Å². The maximum absolute atomic E-state index is 14.0. The fourth-order valence-corrected chi connectivity index (χ4v) is 6.71. The smallest absolute Gasteiger partial charge is 0.446 e. The molecule has 5 aromatic rings. The molecule has 2 aromatic carbocycles. The van der Waals surface area contributed by atoms with Crippen LogP contribution in [0.3, 0.4) is 0 Å². The van der Waals surface area contributed by atoms with Crippen LogP contribution in [0.15, 0.2) is 58.0 Å². The highest BCUT2D eigenvalue weighted by molar-refractivity contribution is 7.89. The predicted octanol–water partition coefficient (Wildman–Crippen LogP) is 2.51. The summed E-state index contributed by atoms with van der Waals surface area (Å²) >= 11 is 0. The van der Waals surface area contributed by atoms with Crippen LogP contribution >= 0.6 is 0 Å². The molecule has 0 bridgehead atoms. The number of fused-ring (bicyclic) bond motifs is 1. The third-order valence-electron chi connectivity index (χ3n) is 7.05. The molecule has 0 aliphatic heterocycles. The fraction of sp³-hybridized carbons (Fsp3) is 0.286. The SMILES string of the molecule is COc1ccc(CN(CCc2nc3nccc(-c4noc(=O)n4-c4ccc(F)c(C)c4)c3n2S(C)(=O)=O)S(C)(=O)=O)c(OC)c1. The van der Waals surface area contributed by atoms with Gasteiger partial charge in [0.05, 0.1) is 38.0 Å². The molecular formula is C28H29FN6O8S2. The lowest BCUT2D eigenvalue weighted by Crippen LogP contribution is -2.32. The van der Waals surface area contributed by atoms with Crippen molar-refractivity contribution in [2.45, 2.75) is 19.9 Å². The molecule has 238 valence electrons. The highest BCUT2D eigenvalue weighted by atomic mass is 32.2. The standard InChI is InChI=1S/C28H29FN6O8S2/c1-17-14-19(7-9-22(17)29)34-27(32-43-28(34)36)21-10-12-30-26-25(21)35(45(5,39)40)24(31-26)11-13-33(44(4,37)38)16-18-6-8-20(41-2)15-23(18)42-3/h6-10,12,14-15H,11,13,16H2,1-5H3. The number of aromatic nitrogens is 5. The second-order valence-electron chi connectivity index (χ2n) is 10.2. The molecular weight excluding hydrogens is 631 g/mol. The van der Waals surface area contributed by atoms with Crippen molar-refractivity contribution in [1.82, 2.24) is 28.0 Å². The molecule has 0 aliphatic rings. The van der Waals surface area contributed by atoms with E-state index in [0.717, 1.165) is 21.1 Å². The molecule has 0 radical (unpaired) electrons. The van der Waals surface area contributed by atoms with Crippen LogP contribution in [-0.4, -0.2) is 78.1 Å². The van der Waals surface area contributed by atoms with Crippen LogP contribution in [0.4, 0.5) is 4.39 Å². The Morgan fingerprint density at radius 3 is 2.42 bits per heavy atom. The number of sulfonamides is 1. The molecule has 0 fully saturated rings. The van der Waals surface area contributed by atoms with Gasteiger partial charge in [-0.3, -0.25) is 4.52 Å². The van der Waals surface area contributed by atoms with Gasteiger partial charge in [-0.05, 0) is 42.8 Å². The summed E-state index contributed by atoms with van der Waals surface area (Å²) in [5, 5.41) is 3.89. The minimum Gasteiger partial charge on any atom is -0.497 e. The highest BCUT2D eigenvalue weighted by Crippen LogP contribution is 2.31. The van der Waals surface area contributed by atoms with Crippen molar-refractivity contribution in [3.05, 3.63) is 82.0 Å². The first-order valence-electron chi connectivity index (χ1n) is 13.3. The minimum atomic E-state index is -4.07. The molecule has 3 heterocycles. The van der Waals surface area contributed by atoms with Gasteiger partial charge in [0.15, 0.2) is 11.5 Å². The molecule has 0 unspecified atom stereocenters. The summed E-state index contributed by atoms with van der Waals surface area (Å²) in [6, 6.07) is 10.4. The Balaban J connectivity index is 1.59. The topological polar surface area (TPSA) is 169 Å². The summed E-state index contributed by atoms with van der Waals surface area (Å²) < 4.78 is 84.8. The molecule has 0 atom stereocenters. The van der Waals surface area contributed by atoms with Crippen molar-refractivity contribution >= 4 is 31.2 Å². The predicted molar refractivity (Wildman–Crippen MR) is 162 cm³/mol. The van der Waals surface area contributed by atoms with E-state index in [0.29, 0.717) is 17.1 Å². The average molecular weight is 661 g/mol. The highest BCUT2D eigenvalue weighted by Gasteiger charge is 2.27. The molecule has 0 N–H and O–H groups in total. The van der Waals surface area contributed by atoms with Crippen LogP contribution in [0, 0.1) is 12.7 Å². The monoisotopic (exact) mass is 660 g/mol. The molecule has 14 nitrogen and oxygen atoms in total. The number of hydrogen-bond donors (Lipinski definition) is 0. The van der Waals surface area contributed by atoms with E-state index >= 15 is 0 Å². The lowest BCUT2D eigenvalue weighted by Gasteiger charge is -2.21. The number of hydrogen-bond acceptors (Lipinski definition) is 11. The molecule has 17 heteroatoms. The molecule has 3 aromatic heterocycles.